The van der Waals surface area contributed by atoms with E-state index in [4.69, 9.17) is 4.42 Å². The molecule has 0 spiro atoms. The van der Waals surface area contributed by atoms with Crippen LogP contribution in [0.2, 0.25) is 0 Å². The van der Waals surface area contributed by atoms with Crippen molar-refractivity contribution >= 4 is 22.8 Å². The van der Waals surface area contributed by atoms with Crippen LogP contribution >= 0.6 is 0 Å². The van der Waals surface area contributed by atoms with E-state index in [0.29, 0.717) is 5.76 Å². The van der Waals surface area contributed by atoms with Crippen molar-refractivity contribution in [3.8, 4) is 11.3 Å². The van der Waals surface area contributed by atoms with Gasteiger partial charge in [0.2, 0.25) is 0 Å². The zero-order chi connectivity index (χ0) is 14.7. The molecule has 0 atom stereocenters. The number of carbonyl (C=O) groups is 1. The van der Waals surface area contributed by atoms with Gasteiger partial charge in [-0.25, -0.2) is 4.79 Å². The number of rotatable bonds is 3. The third-order valence-electron chi connectivity index (χ3n) is 3.27. The van der Waals surface area contributed by atoms with Gasteiger partial charge in [0.25, 0.3) is 0 Å². The summed E-state index contributed by atoms with van der Waals surface area (Å²) in [6, 6.07) is 18.0. The van der Waals surface area contributed by atoms with Crippen molar-refractivity contribution in [2.45, 2.75) is 0 Å². The lowest BCUT2D eigenvalue weighted by Crippen LogP contribution is -1.92. The maximum atomic E-state index is 11.1. The van der Waals surface area contributed by atoms with Gasteiger partial charge in [-0.05, 0) is 29.0 Å². The Labute approximate surface area is 122 Å². The van der Waals surface area contributed by atoms with Crippen molar-refractivity contribution in [3.05, 3.63) is 66.4 Å². The summed E-state index contributed by atoms with van der Waals surface area (Å²) < 4.78 is 10.3. The van der Waals surface area contributed by atoms with Gasteiger partial charge in [0.05, 0.1) is 7.11 Å². The quantitative estimate of drug-likeness (QED) is 0.530. The van der Waals surface area contributed by atoms with E-state index in [0.717, 1.165) is 22.1 Å². The summed E-state index contributed by atoms with van der Waals surface area (Å²) in [5, 5.41) is 2.30. The van der Waals surface area contributed by atoms with E-state index in [1.54, 1.807) is 6.08 Å². The lowest BCUT2D eigenvalue weighted by molar-refractivity contribution is -0.134. The topological polar surface area (TPSA) is 39.4 Å². The summed E-state index contributed by atoms with van der Waals surface area (Å²) >= 11 is 0. The van der Waals surface area contributed by atoms with Gasteiger partial charge in [0, 0.05) is 11.6 Å². The van der Waals surface area contributed by atoms with E-state index in [2.05, 4.69) is 22.9 Å². The monoisotopic (exact) mass is 278 g/mol. The van der Waals surface area contributed by atoms with Gasteiger partial charge in [-0.1, -0.05) is 42.5 Å². The molecule has 0 aliphatic rings. The Balaban J connectivity index is 1.99. The first-order chi connectivity index (χ1) is 10.3. The van der Waals surface area contributed by atoms with E-state index in [1.165, 1.54) is 13.2 Å². The molecular weight excluding hydrogens is 264 g/mol. The van der Waals surface area contributed by atoms with Crippen LogP contribution < -0.4 is 0 Å². The van der Waals surface area contributed by atoms with Crippen molar-refractivity contribution < 1.29 is 13.9 Å². The number of furan rings is 1. The highest BCUT2D eigenvalue weighted by molar-refractivity contribution is 5.95. The standard InChI is InChI=1S/C18H14O3/c1-20-18(19)12-10-14-9-11-17(21-14)16-8-4-6-13-5-2-3-7-15(13)16/h2-12H,1H3/b12-10+. The number of fused-ring (bicyclic) bond motifs is 1. The molecule has 104 valence electrons. The van der Waals surface area contributed by atoms with Gasteiger partial charge in [0.1, 0.15) is 11.5 Å². The number of hydrogen-bond acceptors (Lipinski definition) is 3. The van der Waals surface area contributed by atoms with E-state index >= 15 is 0 Å². The van der Waals surface area contributed by atoms with Crippen LogP contribution in [0.3, 0.4) is 0 Å². The van der Waals surface area contributed by atoms with Crippen LogP contribution in [-0.4, -0.2) is 13.1 Å². The van der Waals surface area contributed by atoms with Gasteiger partial charge in [-0.3, -0.25) is 0 Å². The molecule has 3 nitrogen and oxygen atoms in total. The second kappa shape index (κ2) is 5.67. The lowest BCUT2D eigenvalue weighted by Gasteiger charge is -2.03. The maximum Gasteiger partial charge on any atom is 0.330 e. The molecule has 0 aliphatic heterocycles. The van der Waals surface area contributed by atoms with Gasteiger partial charge < -0.3 is 9.15 Å². The summed E-state index contributed by atoms with van der Waals surface area (Å²) in [4.78, 5) is 11.1. The number of carbonyl (C=O) groups excluding carboxylic acids is 1. The lowest BCUT2D eigenvalue weighted by atomic mass is 10.0. The van der Waals surface area contributed by atoms with Gasteiger partial charge in [0.15, 0.2) is 0 Å². The molecule has 0 radical (unpaired) electrons. The molecule has 1 aromatic heterocycles. The molecule has 2 aromatic carbocycles. The fourth-order valence-corrected chi connectivity index (χ4v) is 2.25. The molecule has 3 heteroatoms. The summed E-state index contributed by atoms with van der Waals surface area (Å²) in [7, 11) is 1.34. The van der Waals surface area contributed by atoms with Crippen LogP contribution in [0.1, 0.15) is 5.76 Å². The van der Waals surface area contributed by atoms with Gasteiger partial charge >= 0.3 is 5.97 Å². The van der Waals surface area contributed by atoms with E-state index in [9.17, 15) is 4.79 Å². The number of methoxy groups -OCH3 is 1. The van der Waals surface area contributed by atoms with Crippen LogP contribution in [0, 0.1) is 0 Å². The van der Waals surface area contributed by atoms with Crippen molar-refractivity contribution in [2.24, 2.45) is 0 Å². The second-order valence-corrected chi connectivity index (χ2v) is 4.59. The average molecular weight is 278 g/mol. The summed E-state index contributed by atoms with van der Waals surface area (Å²) in [5.74, 6) is 0.984. The Morgan fingerprint density at radius 2 is 1.86 bits per heavy atom. The zero-order valence-electron chi connectivity index (χ0n) is 11.6. The Morgan fingerprint density at radius 3 is 2.71 bits per heavy atom. The highest BCUT2D eigenvalue weighted by Gasteiger charge is 2.07. The van der Waals surface area contributed by atoms with Crippen molar-refractivity contribution in [3.63, 3.8) is 0 Å². The molecule has 3 aromatic rings. The normalized spacial score (nSPS) is 11.1. The third-order valence-corrected chi connectivity index (χ3v) is 3.27. The Morgan fingerprint density at radius 1 is 1.05 bits per heavy atom. The largest absolute Gasteiger partial charge is 0.466 e. The molecule has 1 heterocycles. The number of benzene rings is 2. The van der Waals surface area contributed by atoms with Crippen molar-refractivity contribution in [2.75, 3.05) is 7.11 Å². The smallest absolute Gasteiger partial charge is 0.330 e. The minimum atomic E-state index is -0.405. The van der Waals surface area contributed by atoms with Crippen LogP contribution in [-0.2, 0) is 9.53 Å². The summed E-state index contributed by atoms with van der Waals surface area (Å²) in [6.45, 7) is 0. The third kappa shape index (κ3) is 2.72. The number of hydrogen-bond donors (Lipinski definition) is 0. The minimum absolute atomic E-state index is 0.405. The van der Waals surface area contributed by atoms with Crippen LogP contribution in [0.25, 0.3) is 28.2 Å². The fourth-order valence-electron chi connectivity index (χ4n) is 2.25. The maximum absolute atomic E-state index is 11.1. The predicted octanol–water partition coefficient (Wildman–Crippen LogP) is 4.29. The Bertz CT molecular complexity index is 807. The van der Waals surface area contributed by atoms with Crippen LogP contribution in [0.4, 0.5) is 0 Å². The molecule has 3 rings (SSSR count). The van der Waals surface area contributed by atoms with Crippen molar-refractivity contribution in [1.29, 1.82) is 0 Å². The van der Waals surface area contributed by atoms with E-state index < -0.39 is 5.97 Å². The summed E-state index contributed by atoms with van der Waals surface area (Å²) in [5.41, 5.74) is 1.03. The molecule has 0 fully saturated rings. The Kier molecular flexibility index (Phi) is 3.56. The first-order valence-electron chi connectivity index (χ1n) is 6.62. The van der Waals surface area contributed by atoms with Gasteiger partial charge in [-0.2, -0.15) is 0 Å². The molecule has 0 saturated carbocycles. The number of ether oxygens (including phenoxy) is 1. The average Bonchev–Trinajstić information content (AvgIpc) is 3.00. The predicted molar refractivity (Wildman–Crippen MR) is 82.7 cm³/mol. The highest BCUT2D eigenvalue weighted by Crippen LogP contribution is 2.30. The molecular formula is C18H14O3. The first-order valence-corrected chi connectivity index (χ1v) is 6.62. The SMILES string of the molecule is COC(=O)/C=C/c1ccc(-c2cccc3ccccc23)o1. The molecule has 0 unspecified atom stereocenters. The van der Waals surface area contributed by atoms with E-state index in [-0.39, 0.29) is 0 Å². The molecule has 0 saturated heterocycles. The highest BCUT2D eigenvalue weighted by atomic mass is 16.5. The molecule has 0 amide bonds. The molecule has 0 aliphatic carbocycles. The molecule has 0 N–H and O–H groups in total. The number of esters is 1. The Hall–Kier alpha value is -2.81. The molecule has 21 heavy (non-hydrogen) atoms. The minimum Gasteiger partial charge on any atom is -0.466 e. The fraction of sp³-hybridized carbons (Fsp3) is 0.0556. The van der Waals surface area contributed by atoms with Gasteiger partial charge in [-0.15, -0.1) is 0 Å². The van der Waals surface area contributed by atoms with Crippen molar-refractivity contribution in [1.82, 2.24) is 0 Å². The van der Waals surface area contributed by atoms with E-state index in [1.807, 2.05) is 36.4 Å². The van der Waals surface area contributed by atoms with Crippen LogP contribution in [0.5, 0.6) is 0 Å². The molecule has 0 bridgehead atoms. The first kappa shape index (κ1) is 13.2. The summed E-state index contributed by atoms with van der Waals surface area (Å²) in [6.07, 6.45) is 2.94. The second-order valence-electron chi connectivity index (χ2n) is 4.59. The van der Waals surface area contributed by atoms with Crippen LogP contribution in [0.15, 0.2) is 65.1 Å². The zero-order valence-corrected chi connectivity index (χ0v) is 11.6.